The van der Waals surface area contributed by atoms with Crippen molar-refractivity contribution in [3.05, 3.63) is 0 Å². The van der Waals surface area contributed by atoms with E-state index in [1.807, 2.05) is 0 Å². The summed E-state index contributed by atoms with van der Waals surface area (Å²) in [5.41, 5.74) is 5.36. The van der Waals surface area contributed by atoms with Gasteiger partial charge in [-0.3, -0.25) is 4.90 Å². The molecular formula is C12H24N4. The van der Waals surface area contributed by atoms with E-state index in [0.717, 1.165) is 32.6 Å². The van der Waals surface area contributed by atoms with E-state index in [2.05, 4.69) is 36.8 Å². The second-order valence-corrected chi connectivity index (χ2v) is 5.79. The number of rotatable bonds is 3. The second-order valence-electron chi connectivity index (χ2n) is 5.79. The highest BCUT2D eigenvalue weighted by Gasteiger charge is 2.31. The molecule has 1 saturated heterocycles. The molecule has 0 bridgehead atoms. The lowest BCUT2D eigenvalue weighted by molar-refractivity contribution is 0.0379. The molecule has 92 valence electrons. The van der Waals surface area contributed by atoms with Gasteiger partial charge in [0.05, 0.1) is 6.07 Å². The first-order chi connectivity index (χ1) is 7.27. The van der Waals surface area contributed by atoms with E-state index in [1.165, 1.54) is 0 Å². The topological polar surface area (TPSA) is 56.3 Å². The normalized spacial score (nSPS) is 26.0. The third-order valence-electron chi connectivity index (χ3n) is 3.60. The smallest absolute Gasteiger partial charge is 0.102 e. The first-order valence-electron chi connectivity index (χ1n) is 5.91. The molecule has 0 aliphatic carbocycles. The summed E-state index contributed by atoms with van der Waals surface area (Å²) in [7, 11) is 2.17. The molecule has 1 rings (SSSR count). The minimum atomic E-state index is -0.687. The molecule has 0 aromatic carbocycles. The highest BCUT2D eigenvalue weighted by Crippen LogP contribution is 2.19. The summed E-state index contributed by atoms with van der Waals surface area (Å²) in [6.07, 6.45) is 0.739. The predicted octanol–water partition coefficient (Wildman–Crippen LogP) is 0.643. The summed E-state index contributed by atoms with van der Waals surface area (Å²) >= 11 is 0. The Labute approximate surface area is 99.0 Å². The van der Waals surface area contributed by atoms with Gasteiger partial charge in [-0.05, 0) is 34.2 Å². The van der Waals surface area contributed by atoms with Crippen LogP contribution in [0.3, 0.4) is 0 Å². The van der Waals surface area contributed by atoms with Crippen molar-refractivity contribution < 1.29 is 0 Å². The van der Waals surface area contributed by atoms with Gasteiger partial charge in [-0.2, -0.15) is 5.26 Å². The van der Waals surface area contributed by atoms with Crippen LogP contribution < -0.4 is 5.73 Å². The van der Waals surface area contributed by atoms with Crippen molar-refractivity contribution in [3.63, 3.8) is 0 Å². The molecule has 0 radical (unpaired) electrons. The van der Waals surface area contributed by atoms with Crippen molar-refractivity contribution in [1.29, 1.82) is 5.26 Å². The summed E-state index contributed by atoms with van der Waals surface area (Å²) in [4.78, 5) is 4.79. The van der Waals surface area contributed by atoms with Gasteiger partial charge in [-0.15, -0.1) is 0 Å². The first kappa shape index (κ1) is 13.4. The molecule has 4 heteroatoms. The van der Waals surface area contributed by atoms with Crippen LogP contribution in [-0.4, -0.2) is 54.1 Å². The lowest BCUT2D eigenvalue weighted by atomic mass is 9.97. The number of likely N-dealkylation sites (N-methyl/N-ethyl adjacent to an activating group) is 1. The average molecular weight is 224 g/mol. The Hall–Kier alpha value is -0.630. The number of nitriles is 1. The Morgan fingerprint density at radius 3 is 2.56 bits per heavy atom. The van der Waals surface area contributed by atoms with E-state index < -0.39 is 5.54 Å². The molecule has 1 atom stereocenters. The molecule has 1 aliphatic heterocycles. The largest absolute Gasteiger partial charge is 0.314 e. The van der Waals surface area contributed by atoms with Crippen molar-refractivity contribution in [2.45, 2.75) is 38.3 Å². The molecule has 1 fully saturated rings. The third kappa shape index (κ3) is 3.44. The van der Waals surface area contributed by atoms with Crippen LogP contribution >= 0.6 is 0 Å². The fourth-order valence-corrected chi connectivity index (χ4v) is 1.98. The monoisotopic (exact) mass is 224 g/mol. The second kappa shape index (κ2) is 4.70. The number of nitrogens with zero attached hydrogens (tertiary/aromatic N) is 3. The van der Waals surface area contributed by atoms with Crippen molar-refractivity contribution in [1.82, 2.24) is 9.80 Å². The summed E-state index contributed by atoms with van der Waals surface area (Å²) in [5.74, 6) is 0. The van der Waals surface area contributed by atoms with Gasteiger partial charge >= 0.3 is 0 Å². The Morgan fingerprint density at radius 1 is 1.44 bits per heavy atom. The fourth-order valence-electron chi connectivity index (χ4n) is 1.98. The van der Waals surface area contributed by atoms with Gasteiger partial charge in [0.15, 0.2) is 0 Å². The minimum absolute atomic E-state index is 0.218. The Kier molecular flexibility index (Phi) is 3.95. The summed E-state index contributed by atoms with van der Waals surface area (Å²) < 4.78 is 0. The quantitative estimate of drug-likeness (QED) is 0.764. The average Bonchev–Trinajstić information content (AvgIpc) is 2.20. The van der Waals surface area contributed by atoms with E-state index >= 15 is 0 Å². The maximum Gasteiger partial charge on any atom is 0.102 e. The van der Waals surface area contributed by atoms with Gasteiger partial charge in [0.2, 0.25) is 0 Å². The lowest BCUT2D eigenvalue weighted by Crippen LogP contribution is -2.58. The van der Waals surface area contributed by atoms with E-state index in [9.17, 15) is 0 Å². The van der Waals surface area contributed by atoms with Crippen LogP contribution in [0.5, 0.6) is 0 Å². The highest BCUT2D eigenvalue weighted by atomic mass is 15.3. The highest BCUT2D eigenvalue weighted by molar-refractivity contribution is 5.01. The molecule has 0 spiro atoms. The predicted molar refractivity (Wildman–Crippen MR) is 66.0 cm³/mol. The summed E-state index contributed by atoms with van der Waals surface area (Å²) in [5, 5.41) is 8.87. The molecule has 1 unspecified atom stereocenters. The van der Waals surface area contributed by atoms with Gasteiger partial charge in [-0.25, -0.2) is 0 Å². The van der Waals surface area contributed by atoms with E-state index in [4.69, 9.17) is 11.0 Å². The van der Waals surface area contributed by atoms with Crippen molar-refractivity contribution in [2.24, 2.45) is 5.73 Å². The molecule has 0 amide bonds. The fraction of sp³-hybridized carbons (Fsp3) is 0.917. The molecule has 1 heterocycles. The summed E-state index contributed by atoms with van der Waals surface area (Å²) in [6, 6.07) is 2.15. The third-order valence-corrected chi connectivity index (χ3v) is 3.60. The number of nitrogens with two attached hydrogens (primary N) is 1. The van der Waals surface area contributed by atoms with E-state index in [0.29, 0.717) is 0 Å². The van der Waals surface area contributed by atoms with Crippen LogP contribution in [0.2, 0.25) is 0 Å². The molecule has 4 nitrogen and oxygen atoms in total. The Morgan fingerprint density at radius 2 is 2.06 bits per heavy atom. The number of piperazine rings is 1. The van der Waals surface area contributed by atoms with Crippen LogP contribution in [0.4, 0.5) is 0 Å². The van der Waals surface area contributed by atoms with E-state index in [1.54, 1.807) is 6.92 Å². The van der Waals surface area contributed by atoms with Crippen LogP contribution in [0.25, 0.3) is 0 Å². The molecule has 1 aliphatic rings. The minimum Gasteiger partial charge on any atom is -0.314 e. The van der Waals surface area contributed by atoms with Crippen molar-refractivity contribution in [3.8, 4) is 6.07 Å². The SMILES string of the molecule is CN1CCN(CCC(C)(N)C#N)CC1(C)C. The molecule has 16 heavy (non-hydrogen) atoms. The number of hydrogen-bond acceptors (Lipinski definition) is 4. The Bertz CT molecular complexity index is 277. The molecule has 0 saturated carbocycles. The maximum atomic E-state index is 8.87. The van der Waals surface area contributed by atoms with Crippen LogP contribution in [0.15, 0.2) is 0 Å². The number of hydrogen-bond donors (Lipinski definition) is 1. The van der Waals surface area contributed by atoms with Gasteiger partial charge in [0, 0.05) is 31.7 Å². The van der Waals surface area contributed by atoms with Crippen molar-refractivity contribution in [2.75, 3.05) is 33.2 Å². The van der Waals surface area contributed by atoms with Gasteiger partial charge < -0.3 is 10.6 Å². The lowest BCUT2D eigenvalue weighted by Gasteiger charge is -2.45. The zero-order valence-corrected chi connectivity index (χ0v) is 11.0. The van der Waals surface area contributed by atoms with Crippen molar-refractivity contribution >= 4 is 0 Å². The van der Waals surface area contributed by atoms with E-state index in [-0.39, 0.29) is 5.54 Å². The molecule has 0 aromatic heterocycles. The molecule has 0 aromatic rings. The van der Waals surface area contributed by atoms with Crippen LogP contribution in [-0.2, 0) is 0 Å². The molecular weight excluding hydrogens is 200 g/mol. The maximum absolute atomic E-state index is 8.87. The summed E-state index contributed by atoms with van der Waals surface area (Å²) in [6.45, 7) is 10.4. The zero-order valence-electron chi connectivity index (χ0n) is 11.0. The Balaban J connectivity index is 2.44. The van der Waals surface area contributed by atoms with Crippen LogP contribution in [0, 0.1) is 11.3 Å². The van der Waals surface area contributed by atoms with Gasteiger partial charge in [0.1, 0.15) is 5.54 Å². The standard InChI is InChI=1S/C12H24N4/c1-11(2)10-16(8-7-15(11)4)6-5-12(3,14)9-13/h5-8,10,14H2,1-4H3. The van der Waals surface area contributed by atoms with Gasteiger partial charge in [-0.1, -0.05) is 0 Å². The van der Waals surface area contributed by atoms with Gasteiger partial charge in [0.25, 0.3) is 0 Å². The van der Waals surface area contributed by atoms with Crippen LogP contribution in [0.1, 0.15) is 27.2 Å². The first-order valence-corrected chi connectivity index (χ1v) is 5.91. The molecule has 2 N–H and O–H groups in total. The zero-order chi connectivity index (χ0) is 12.4.